The molecule has 100 valence electrons. The number of aromatic nitrogens is 3. The highest BCUT2D eigenvalue weighted by Gasteiger charge is 2.24. The SMILES string of the molecule is NCC1CCn2c(nnc2-c2cccc(F)c2F)C1. The van der Waals surface area contributed by atoms with Crippen LogP contribution in [0.25, 0.3) is 11.4 Å². The Morgan fingerprint density at radius 3 is 2.95 bits per heavy atom. The molecule has 1 aliphatic rings. The predicted molar refractivity (Wildman–Crippen MR) is 66.2 cm³/mol. The quantitative estimate of drug-likeness (QED) is 0.899. The van der Waals surface area contributed by atoms with E-state index in [4.69, 9.17) is 5.73 Å². The van der Waals surface area contributed by atoms with E-state index >= 15 is 0 Å². The molecule has 2 aromatic rings. The first kappa shape index (κ1) is 12.2. The Hall–Kier alpha value is -1.82. The lowest BCUT2D eigenvalue weighted by Crippen LogP contribution is -2.25. The van der Waals surface area contributed by atoms with Gasteiger partial charge in [0, 0.05) is 13.0 Å². The van der Waals surface area contributed by atoms with Gasteiger partial charge in [-0.3, -0.25) is 0 Å². The lowest BCUT2D eigenvalue weighted by atomic mass is 9.98. The van der Waals surface area contributed by atoms with Gasteiger partial charge in [0.05, 0.1) is 5.56 Å². The number of halogens is 2. The number of hydrogen-bond donors (Lipinski definition) is 1. The highest BCUT2D eigenvalue weighted by Crippen LogP contribution is 2.27. The molecule has 1 aliphatic heterocycles. The first-order chi connectivity index (χ1) is 9.20. The molecular weight excluding hydrogens is 250 g/mol. The van der Waals surface area contributed by atoms with Crippen molar-refractivity contribution in [3.63, 3.8) is 0 Å². The Morgan fingerprint density at radius 1 is 1.32 bits per heavy atom. The van der Waals surface area contributed by atoms with Crippen molar-refractivity contribution in [1.82, 2.24) is 14.8 Å². The Balaban J connectivity index is 2.04. The van der Waals surface area contributed by atoms with Crippen molar-refractivity contribution >= 4 is 0 Å². The van der Waals surface area contributed by atoms with Crippen molar-refractivity contribution in [1.29, 1.82) is 0 Å². The van der Waals surface area contributed by atoms with Crippen LogP contribution in [0, 0.1) is 17.6 Å². The molecule has 0 fully saturated rings. The van der Waals surface area contributed by atoms with Crippen molar-refractivity contribution in [2.24, 2.45) is 11.7 Å². The van der Waals surface area contributed by atoms with Crippen LogP contribution in [0.5, 0.6) is 0 Å². The molecule has 3 rings (SSSR count). The Kier molecular flexibility index (Phi) is 3.02. The van der Waals surface area contributed by atoms with Crippen LogP contribution in [-0.4, -0.2) is 21.3 Å². The molecule has 2 N–H and O–H groups in total. The van der Waals surface area contributed by atoms with Crippen LogP contribution in [-0.2, 0) is 13.0 Å². The topological polar surface area (TPSA) is 56.7 Å². The molecule has 0 saturated carbocycles. The maximum absolute atomic E-state index is 13.8. The lowest BCUT2D eigenvalue weighted by molar-refractivity contribution is 0.391. The summed E-state index contributed by atoms with van der Waals surface area (Å²) in [7, 11) is 0. The van der Waals surface area contributed by atoms with Gasteiger partial charge in [-0.05, 0) is 31.0 Å². The van der Waals surface area contributed by atoms with Gasteiger partial charge in [-0.15, -0.1) is 10.2 Å². The zero-order valence-electron chi connectivity index (χ0n) is 10.3. The van der Waals surface area contributed by atoms with E-state index in [2.05, 4.69) is 10.2 Å². The van der Waals surface area contributed by atoms with Crippen LogP contribution in [0.1, 0.15) is 12.2 Å². The molecule has 4 nitrogen and oxygen atoms in total. The lowest BCUT2D eigenvalue weighted by Gasteiger charge is -2.22. The highest BCUT2D eigenvalue weighted by atomic mass is 19.2. The van der Waals surface area contributed by atoms with Crippen molar-refractivity contribution in [2.75, 3.05) is 6.54 Å². The molecule has 0 aliphatic carbocycles. The molecule has 6 heteroatoms. The average molecular weight is 264 g/mol. The fourth-order valence-electron chi connectivity index (χ4n) is 2.47. The molecule has 1 aromatic carbocycles. The summed E-state index contributed by atoms with van der Waals surface area (Å²) >= 11 is 0. The molecule has 0 radical (unpaired) electrons. The molecule has 0 saturated heterocycles. The van der Waals surface area contributed by atoms with Gasteiger partial charge in [-0.25, -0.2) is 8.78 Å². The van der Waals surface area contributed by atoms with E-state index in [1.807, 2.05) is 4.57 Å². The molecule has 2 heterocycles. The summed E-state index contributed by atoms with van der Waals surface area (Å²) in [5.41, 5.74) is 5.81. The van der Waals surface area contributed by atoms with Crippen molar-refractivity contribution in [3.8, 4) is 11.4 Å². The predicted octanol–water partition coefficient (Wildman–Crippen LogP) is 1.74. The van der Waals surface area contributed by atoms with E-state index in [-0.39, 0.29) is 5.56 Å². The van der Waals surface area contributed by atoms with E-state index in [1.165, 1.54) is 12.1 Å². The van der Waals surface area contributed by atoms with E-state index < -0.39 is 11.6 Å². The number of nitrogens with two attached hydrogens (primary N) is 1. The van der Waals surface area contributed by atoms with Crippen LogP contribution in [0.4, 0.5) is 8.78 Å². The fourth-order valence-corrected chi connectivity index (χ4v) is 2.47. The summed E-state index contributed by atoms with van der Waals surface area (Å²) in [6, 6.07) is 4.09. The summed E-state index contributed by atoms with van der Waals surface area (Å²) in [5.74, 6) is -0.172. The summed E-state index contributed by atoms with van der Waals surface area (Å²) < 4.78 is 28.9. The third-order valence-corrected chi connectivity index (χ3v) is 3.59. The maximum atomic E-state index is 13.8. The largest absolute Gasteiger partial charge is 0.330 e. The van der Waals surface area contributed by atoms with E-state index in [1.54, 1.807) is 0 Å². The minimum atomic E-state index is -0.876. The third-order valence-electron chi connectivity index (χ3n) is 3.59. The monoisotopic (exact) mass is 264 g/mol. The normalized spacial score (nSPS) is 18.4. The number of nitrogens with zero attached hydrogens (tertiary/aromatic N) is 3. The van der Waals surface area contributed by atoms with Gasteiger partial charge in [0.15, 0.2) is 17.5 Å². The van der Waals surface area contributed by atoms with Gasteiger partial charge in [0.2, 0.25) is 0 Å². The number of fused-ring (bicyclic) bond motifs is 1. The highest BCUT2D eigenvalue weighted by molar-refractivity contribution is 5.56. The number of hydrogen-bond acceptors (Lipinski definition) is 3. The van der Waals surface area contributed by atoms with Crippen molar-refractivity contribution < 1.29 is 8.78 Å². The number of rotatable bonds is 2. The minimum absolute atomic E-state index is 0.157. The summed E-state index contributed by atoms with van der Waals surface area (Å²) in [6.45, 7) is 1.30. The van der Waals surface area contributed by atoms with Gasteiger partial charge >= 0.3 is 0 Å². The molecular formula is C13H14F2N4. The zero-order chi connectivity index (χ0) is 13.4. The number of benzene rings is 1. The fraction of sp³-hybridized carbons (Fsp3) is 0.385. The maximum Gasteiger partial charge on any atom is 0.169 e. The molecule has 1 atom stereocenters. The van der Waals surface area contributed by atoms with Crippen LogP contribution in [0.2, 0.25) is 0 Å². The minimum Gasteiger partial charge on any atom is -0.330 e. The summed E-state index contributed by atoms with van der Waals surface area (Å²) in [5, 5.41) is 8.07. The second-order valence-corrected chi connectivity index (χ2v) is 4.79. The van der Waals surface area contributed by atoms with E-state index in [9.17, 15) is 8.78 Å². The van der Waals surface area contributed by atoms with Gasteiger partial charge < -0.3 is 10.3 Å². The Bertz CT molecular complexity index is 609. The molecule has 1 unspecified atom stereocenters. The van der Waals surface area contributed by atoms with Crippen LogP contribution < -0.4 is 5.73 Å². The van der Waals surface area contributed by atoms with Gasteiger partial charge in [0.25, 0.3) is 0 Å². The Labute approximate surface area is 109 Å². The van der Waals surface area contributed by atoms with Gasteiger partial charge in [-0.1, -0.05) is 6.07 Å². The Morgan fingerprint density at radius 2 is 2.16 bits per heavy atom. The molecule has 1 aromatic heterocycles. The first-order valence-electron chi connectivity index (χ1n) is 6.27. The molecule has 0 spiro atoms. The van der Waals surface area contributed by atoms with E-state index in [0.717, 1.165) is 24.7 Å². The zero-order valence-corrected chi connectivity index (χ0v) is 10.3. The first-order valence-corrected chi connectivity index (χ1v) is 6.27. The summed E-state index contributed by atoms with van der Waals surface area (Å²) in [4.78, 5) is 0. The van der Waals surface area contributed by atoms with Gasteiger partial charge in [-0.2, -0.15) is 0 Å². The molecule has 19 heavy (non-hydrogen) atoms. The smallest absolute Gasteiger partial charge is 0.169 e. The van der Waals surface area contributed by atoms with Crippen LogP contribution in [0.3, 0.4) is 0 Å². The second-order valence-electron chi connectivity index (χ2n) is 4.79. The average Bonchev–Trinajstić information content (AvgIpc) is 2.84. The van der Waals surface area contributed by atoms with Crippen molar-refractivity contribution in [3.05, 3.63) is 35.7 Å². The van der Waals surface area contributed by atoms with Crippen LogP contribution >= 0.6 is 0 Å². The second kappa shape index (κ2) is 4.70. The summed E-state index contributed by atoms with van der Waals surface area (Å²) in [6.07, 6.45) is 1.64. The molecule has 0 amide bonds. The van der Waals surface area contributed by atoms with E-state index in [0.29, 0.717) is 24.8 Å². The molecule has 0 bridgehead atoms. The third kappa shape index (κ3) is 2.02. The van der Waals surface area contributed by atoms with Gasteiger partial charge in [0.1, 0.15) is 5.82 Å². The van der Waals surface area contributed by atoms with Crippen LogP contribution in [0.15, 0.2) is 18.2 Å². The standard InChI is InChI=1S/C13H14F2N4/c14-10-3-1-2-9(12(10)15)13-18-17-11-6-8(7-16)4-5-19(11)13/h1-3,8H,4-7,16H2. The van der Waals surface area contributed by atoms with Crippen molar-refractivity contribution in [2.45, 2.75) is 19.4 Å².